The Morgan fingerprint density at radius 1 is 1.00 bits per heavy atom. The summed E-state index contributed by atoms with van der Waals surface area (Å²) < 4.78 is 10.4. The lowest BCUT2D eigenvalue weighted by Gasteiger charge is -1.95. The van der Waals surface area contributed by atoms with Crippen molar-refractivity contribution in [2.24, 2.45) is 0 Å². The van der Waals surface area contributed by atoms with Gasteiger partial charge in [-0.2, -0.15) is 0 Å². The maximum atomic E-state index is 10.2. The molecule has 1 heterocycles. The van der Waals surface area contributed by atoms with Crippen LogP contribution >= 0.6 is 0 Å². The van der Waals surface area contributed by atoms with E-state index in [0.29, 0.717) is 12.2 Å². The third-order valence-electron chi connectivity index (χ3n) is 2.53. The summed E-state index contributed by atoms with van der Waals surface area (Å²) in [5, 5.41) is 2.09. The van der Waals surface area contributed by atoms with Crippen LogP contribution in [0.1, 0.15) is 13.8 Å². The highest BCUT2D eigenvalue weighted by Crippen LogP contribution is 2.30. The Hall–Kier alpha value is -2.29. The number of ether oxygens (including phenoxy) is 1. The molecule has 0 N–H and O–H groups in total. The molecule has 1 aromatic heterocycles. The monoisotopic (exact) mass is 242 g/mol. The summed E-state index contributed by atoms with van der Waals surface area (Å²) in [5.41, 5.74) is 1.56. The Morgan fingerprint density at radius 3 is 2.50 bits per heavy atom. The molecular formula is C15H14O3. The predicted molar refractivity (Wildman–Crippen MR) is 71.8 cm³/mol. The van der Waals surface area contributed by atoms with Gasteiger partial charge in [-0.15, -0.1) is 0 Å². The molecular weight excluding hydrogens is 228 g/mol. The lowest BCUT2D eigenvalue weighted by atomic mass is 10.1. The topological polar surface area (TPSA) is 39.4 Å². The summed E-state index contributed by atoms with van der Waals surface area (Å²) in [6, 6.07) is 13.2. The second-order valence-corrected chi connectivity index (χ2v) is 3.47. The summed E-state index contributed by atoms with van der Waals surface area (Å²) in [6.45, 7) is 4.41. The van der Waals surface area contributed by atoms with Crippen molar-refractivity contribution in [3.05, 3.63) is 42.5 Å². The number of furan rings is 1. The molecule has 0 amide bonds. The number of rotatable bonds is 2. The van der Waals surface area contributed by atoms with Gasteiger partial charge in [-0.1, -0.05) is 32.0 Å². The van der Waals surface area contributed by atoms with Crippen molar-refractivity contribution >= 4 is 28.4 Å². The maximum Gasteiger partial charge on any atom is 0.298 e. The second kappa shape index (κ2) is 5.36. The number of para-hydroxylation sites is 1. The Bertz CT molecular complexity index is 668. The average Bonchev–Trinajstić information content (AvgIpc) is 2.79. The lowest BCUT2D eigenvalue weighted by molar-refractivity contribution is -0.120. The van der Waals surface area contributed by atoms with Crippen LogP contribution in [0, 0.1) is 0 Å². The van der Waals surface area contributed by atoms with E-state index in [0.717, 1.165) is 21.9 Å². The first-order valence-electron chi connectivity index (χ1n) is 5.90. The summed E-state index contributed by atoms with van der Waals surface area (Å²) >= 11 is 0. The zero-order valence-corrected chi connectivity index (χ0v) is 10.3. The molecule has 18 heavy (non-hydrogen) atoms. The highest BCUT2D eigenvalue weighted by Gasteiger charge is 2.06. The van der Waals surface area contributed by atoms with Crippen molar-refractivity contribution in [2.45, 2.75) is 13.8 Å². The van der Waals surface area contributed by atoms with Crippen LogP contribution < -0.4 is 4.74 Å². The quantitative estimate of drug-likeness (QED) is 0.634. The fraction of sp³-hybridized carbons (Fsp3) is 0.133. The molecule has 0 spiro atoms. The van der Waals surface area contributed by atoms with E-state index in [-0.39, 0.29) is 0 Å². The first kappa shape index (κ1) is 12.2. The molecule has 0 fully saturated rings. The molecule has 0 aliphatic rings. The Balaban J connectivity index is 0.000000574. The Kier molecular flexibility index (Phi) is 3.63. The summed E-state index contributed by atoms with van der Waals surface area (Å²) in [7, 11) is 0. The zero-order valence-electron chi connectivity index (χ0n) is 10.3. The van der Waals surface area contributed by atoms with E-state index in [1.807, 2.05) is 44.2 Å². The molecule has 0 atom stereocenters. The molecule has 3 heteroatoms. The molecule has 0 saturated carbocycles. The number of fused-ring (bicyclic) bond motifs is 3. The van der Waals surface area contributed by atoms with Crippen molar-refractivity contribution in [2.75, 3.05) is 0 Å². The van der Waals surface area contributed by atoms with Crippen LogP contribution in [0.15, 0.2) is 46.9 Å². The van der Waals surface area contributed by atoms with Gasteiger partial charge in [0.2, 0.25) is 0 Å². The third kappa shape index (κ3) is 2.07. The minimum absolute atomic E-state index is 0.407. The zero-order chi connectivity index (χ0) is 13.0. The van der Waals surface area contributed by atoms with Gasteiger partial charge in [0.25, 0.3) is 6.47 Å². The van der Waals surface area contributed by atoms with Gasteiger partial charge in [0, 0.05) is 16.8 Å². The normalized spacial score (nSPS) is 9.89. The molecule has 0 radical (unpaired) electrons. The molecule has 92 valence electrons. The number of carbonyl (C=O) groups excluding carboxylic acids is 1. The van der Waals surface area contributed by atoms with E-state index >= 15 is 0 Å². The molecule has 3 nitrogen and oxygen atoms in total. The van der Waals surface area contributed by atoms with E-state index in [2.05, 4.69) is 0 Å². The lowest BCUT2D eigenvalue weighted by Crippen LogP contribution is -1.86. The van der Waals surface area contributed by atoms with Gasteiger partial charge in [0.15, 0.2) is 0 Å². The maximum absolute atomic E-state index is 10.2. The predicted octanol–water partition coefficient (Wildman–Crippen LogP) is 4.15. The second-order valence-electron chi connectivity index (χ2n) is 3.47. The van der Waals surface area contributed by atoms with Gasteiger partial charge in [-0.25, -0.2) is 0 Å². The molecule has 2 aromatic carbocycles. The SMILES string of the molecule is CC.O=COc1ccc2c(c1)oc1ccccc12. The van der Waals surface area contributed by atoms with Crippen molar-refractivity contribution in [1.82, 2.24) is 0 Å². The van der Waals surface area contributed by atoms with Gasteiger partial charge in [0.05, 0.1) is 0 Å². The minimum atomic E-state index is 0.407. The number of carbonyl (C=O) groups is 1. The van der Waals surface area contributed by atoms with Crippen LogP contribution in [-0.4, -0.2) is 6.47 Å². The van der Waals surface area contributed by atoms with Crippen LogP contribution in [0.25, 0.3) is 21.9 Å². The van der Waals surface area contributed by atoms with Gasteiger partial charge in [-0.3, -0.25) is 4.79 Å². The van der Waals surface area contributed by atoms with Gasteiger partial charge >= 0.3 is 0 Å². The largest absolute Gasteiger partial charge is 0.456 e. The van der Waals surface area contributed by atoms with E-state index in [1.54, 1.807) is 12.1 Å². The molecule has 0 aliphatic heterocycles. The van der Waals surface area contributed by atoms with E-state index in [9.17, 15) is 4.79 Å². The molecule has 0 saturated heterocycles. The van der Waals surface area contributed by atoms with Gasteiger partial charge in [0.1, 0.15) is 16.9 Å². The average molecular weight is 242 g/mol. The highest BCUT2D eigenvalue weighted by atomic mass is 16.5. The first-order chi connectivity index (χ1) is 8.88. The fourth-order valence-electron chi connectivity index (χ4n) is 1.84. The van der Waals surface area contributed by atoms with Crippen molar-refractivity contribution in [3.8, 4) is 5.75 Å². The highest BCUT2D eigenvalue weighted by molar-refractivity contribution is 6.05. The van der Waals surface area contributed by atoms with Gasteiger partial charge < -0.3 is 9.15 Å². The Labute approximate surface area is 105 Å². The third-order valence-corrected chi connectivity index (χ3v) is 2.53. The molecule has 0 unspecified atom stereocenters. The fourth-order valence-corrected chi connectivity index (χ4v) is 1.84. The summed E-state index contributed by atoms with van der Waals surface area (Å²) in [6.07, 6.45) is 0. The van der Waals surface area contributed by atoms with Gasteiger partial charge in [-0.05, 0) is 18.2 Å². The summed E-state index contributed by atoms with van der Waals surface area (Å²) in [5.74, 6) is 0.488. The Morgan fingerprint density at radius 2 is 1.72 bits per heavy atom. The van der Waals surface area contributed by atoms with Crippen molar-refractivity contribution < 1.29 is 13.9 Å². The molecule has 3 aromatic rings. The van der Waals surface area contributed by atoms with E-state index < -0.39 is 0 Å². The summed E-state index contributed by atoms with van der Waals surface area (Å²) in [4.78, 5) is 10.2. The van der Waals surface area contributed by atoms with E-state index in [1.165, 1.54) is 0 Å². The van der Waals surface area contributed by atoms with Crippen LogP contribution in [0.2, 0.25) is 0 Å². The number of hydrogen-bond donors (Lipinski definition) is 0. The molecule has 0 aliphatic carbocycles. The van der Waals surface area contributed by atoms with Crippen LogP contribution in [0.4, 0.5) is 0 Å². The molecule has 3 rings (SSSR count). The molecule has 0 bridgehead atoms. The van der Waals surface area contributed by atoms with Crippen molar-refractivity contribution in [3.63, 3.8) is 0 Å². The minimum Gasteiger partial charge on any atom is -0.456 e. The van der Waals surface area contributed by atoms with Crippen LogP contribution in [0.5, 0.6) is 5.75 Å². The van der Waals surface area contributed by atoms with Crippen LogP contribution in [0.3, 0.4) is 0 Å². The smallest absolute Gasteiger partial charge is 0.298 e. The van der Waals surface area contributed by atoms with Crippen molar-refractivity contribution in [1.29, 1.82) is 0 Å². The standard InChI is InChI=1S/C13H8O3.C2H6/c14-8-15-9-5-6-11-10-3-1-2-4-12(10)16-13(11)7-9;1-2/h1-8H;1-2H3. The number of benzene rings is 2. The van der Waals surface area contributed by atoms with Crippen LogP contribution in [-0.2, 0) is 4.79 Å². The van der Waals surface area contributed by atoms with E-state index in [4.69, 9.17) is 9.15 Å². The first-order valence-corrected chi connectivity index (χ1v) is 5.90. The number of hydrogen-bond acceptors (Lipinski definition) is 3.